The van der Waals surface area contributed by atoms with Crippen molar-refractivity contribution in [2.45, 2.75) is 0 Å². The van der Waals surface area contributed by atoms with Gasteiger partial charge in [-0.25, -0.2) is 9.59 Å². The molecular weight excluding hydrogens is 165 g/mol. The van der Waals surface area contributed by atoms with Crippen molar-refractivity contribution in [1.82, 2.24) is 6.15 Å². The zero-order valence-corrected chi connectivity index (χ0v) is 4.57. The molecule has 0 bridgehead atoms. The second-order valence-electron chi connectivity index (χ2n) is 1.01. The van der Waals surface area contributed by atoms with Crippen molar-refractivity contribution < 1.29 is 19.8 Å². The van der Waals surface area contributed by atoms with Crippen LogP contribution >= 0.6 is 0 Å². The summed E-state index contributed by atoms with van der Waals surface area (Å²) >= 11 is 0. The Bertz CT molecular complexity index is 128. The molecule has 0 atom stereocenters. The van der Waals surface area contributed by atoms with Crippen molar-refractivity contribution in [3.05, 3.63) is 12.2 Å². The van der Waals surface area contributed by atoms with Gasteiger partial charge in [0.2, 0.25) is 0 Å². The molecule has 5 nitrogen and oxygen atoms in total. The fourth-order valence-electron chi connectivity index (χ4n) is 0.143. The van der Waals surface area contributed by atoms with Crippen molar-refractivity contribution >= 4 is 63.3 Å². The molecule has 0 aromatic heterocycles. The van der Waals surface area contributed by atoms with E-state index in [-0.39, 0.29) is 57.5 Å². The van der Waals surface area contributed by atoms with Crippen LogP contribution in [0.25, 0.3) is 0 Å². The first-order chi connectivity index (χ1) is 3.63. The Labute approximate surface area is 100 Å². The predicted molar refractivity (Wildman–Crippen MR) is 36.6 cm³/mol. The molecule has 0 aromatic carbocycles. The molecule has 0 fully saturated rings. The number of hydrogen-bond acceptors (Lipinski definition) is 3. The topological polar surface area (TPSA) is 110 Å². The zero-order valence-electron chi connectivity index (χ0n) is 4.57. The van der Waals surface area contributed by atoms with Gasteiger partial charge >= 0.3 is 63.3 Å². The molecule has 5 N–H and O–H groups in total. The van der Waals surface area contributed by atoms with Crippen molar-refractivity contribution in [1.29, 1.82) is 0 Å². The standard InChI is InChI=1S/C4H4O4.K.H3N.H/c5-3(6)1-2-4(7)8;;;/h1-2H,(H,5,6)(H,7,8);;1H3;/b2-1-;;;. The Hall–Kier alpha value is 0.276. The van der Waals surface area contributed by atoms with Gasteiger partial charge in [-0.3, -0.25) is 0 Å². The van der Waals surface area contributed by atoms with Gasteiger partial charge in [-0.15, -0.1) is 0 Å². The minimum atomic E-state index is -1.26. The van der Waals surface area contributed by atoms with Gasteiger partial charge in [0.1, 0.15) is 0 Å². The molecule has 0 radical (unpaired) electrons. The van der Waals surface area contributed by atoms with E-state index in [2.05, 4.69) is 0 Å². The number of hydrogen-bond donors (Lipinski definition) is 3. The molecule has 0 unspecified atom stereocenters. The van der Waals surface area contributed by atoms with Crippen LogP contribution in [0, 0.1) is 0 Å². The summed E-state index contributed by atoms with van der Waals surface area (Å²) in [6.45, 7) is 0. The Morgan fingerprint density at radius 3 is 1.30 bits per heavy atom. The van der Waals surface area contributed by atoms with Crippen LogP contribution < -0.4 is 6.15 Å². The van der Waals surface area contributed by atoms with E-state index in [0.717, 1.165) is 0 Å². The van der Waals surface area contributed by atoms with Gasteiger partial charge < -0.3 is 16.4 Å². The van der Waals surface area contributed by atoms with Gasteiger partial charge in [-0.1, -0.05) is 0 Å². The molecule has 10 heavy (non-hydrogen) atoms. The molecule has 0 saturated heterocycles. The Morgan fingerprint density at radius 2 is 1.20 bits per heavy atom. The third kappa shape index (κ3) is 15.7. The molecule has 0 aliphatic rings. The Kier molecular flexibility index (Phi) is 15.5. The van der Waals surface area contributed by atoms with Crippen LogP contribution in [0.1, 0.15) is 0 Å². The molecule has 0 amide bonds. The van der Waals surface area contributed by atoms with Crippen LogP contribution in [0.4, 0.5) is 0 Å². The van der Waals surface area contributed by atoms with Crippen LogP contribution in [0.2, 0.25) is 0 Å². The first kappa shape index (κ1) is 16.7. The average Bonchev–Trinajstić information content (AvgIpc) is 1.61. The summed E-state index contributed by atoms with van der Waals surface area (Å²) in [7, 11) is 0. The Morgan fingerprint density at radius 1 is 1.00 bits per heavy atom. The van der Waals surface area contributed by atoms with Crippen molar-refractivity contribution in [3.8, 4) is 0 Å². The zero-order chi connectivity index (χ0) is 6.57. The quantitative estimate of drug-likeness (QED) is 0.375. The average molecular weight is 173 g/mol. The third-order valence-electron chi connectivity index (χ3n) is 0.368. The summed E-state index contributed by atoms with van der Waals surface area (Å²) in [6, 6.07) is 0. The summed E-state index contributed by atoms with van der Waals surface area (Å²) in [4.78, 5) is 19.1. The molecule has 0 saturated carbocycles. The molecule has 0 rings (SSSR count). The predicted octanol–water partition coefficient (Wildman–Crippen LogP) is -0.775. The van der Waals surface area contributed by atoms with E-state index in [1.54, 1.807) is 0 Å². The fraction of sp³-hybridized carbons (Fsp3) is 0. The monoisotopic (exact) mass is 173 g/mol. The van der Waals surface area contributed by atoms with E-state index in [4.69, 9.17) is 10.2 Å². The van der Waals surface area contributed by atoms with E-state index < -0.39 is 11.9 Å². The molecule has 6 heteroatoms. The van der Waals surface area contributed by atoms with E-state index in [1.165, 1.54) is 0 Å². The first-order valence-electron chi connectivity index (χ1n) is 1.77. The molecule has 0 heterocycles. The number of rotatable bonds is 2. The number of carboxylic acid groups (broad SMARTS) is 2. The van der Waals surface area contributed by atoms with E-state index in [9.17, 15) is 9.59 Å². The van der Waals surface area contributed by atoms with Crippen LogP contribution in [-0.2, 0) is 9.59 Å². The first-order valence-corrected chi connectivity index (χ1v) is 1.77. The summed E-state index contributed by atoms with van der Waals surface area (Å²) in [5.74, 6) is -2.51. The van der Waals surface area contributed by atoms with Gasteiger partial charge in [0.15, 0.2) is 0 Å². The molecule has 54 valence electrons. The van der Waals surface area contributed by atoms with Gasteiger partial charge in [0.05, 0.1) is 0 Å². The van der Waals surface area contributed by atoms with Gasteiger partial charge in [-0.05, 0) is 0 Å². The van der Waals surface area contributed by atoms with Crippen molar-refractivity contribution in [2.24, 2.45) is 0 Å². The summed E-state index contributed by atoms with van der Waals surface area (Å²) < 4.78 is 0. The third-order valence-corrected chi connectivity index (χ3v) is 0.368. The summed E-state index contributed by atoms with van der Waals surface area (Å²) in [5.41, 5.74) is 0. The Balaban J connectivity index is -0.000000245. The van der Waals surface area contributed by atoms with E-state index >= 15 is 0 Å². The summed E-state index contributed by atoms with van der Waals surface area (Å²) in [5, 5.41) is 15.6. The van der Waals surface area contributed by atoms with Crippen LogP contribution in [0.5, 0.6) is 0 Å². The second-order valence-corrected chi connectivity index (χ2v) is 1.01. The van der Waals surface area contributed by atoms with E-state index in [0.29, 0.717) is 12.2 Å². The number of carbonyl (C=O) groups is 2. The van der Waals surface area contributed by atoms with Crippen LogP contribution in [0.3, 0.4) is 0 Å². The SMILES string of the molecule is N.O=C(O)/C=C\C(=O)O.[KH]. The maximum absolute atomic E-state index is 9.55. The van der Waals surface area contributed by atoms with Gasteiger partial charge in [0.25, 0.3) is 0 Å². The van der Waals surface area contributed by atoms with Crippen LogP contribution in [-0.4, -0.2) is 73.5 Å². The van der Waals surface area contributed by atoms with Gasteiger partial charge in [0, 0.05) is 12.2 Å². The molecular formula is C4H8KNO4. The molecule has 0 aliphatic heterocycles. The second kappa shape index (κ2) is 9.28. The molecule has 0 aromatic rings. The molecule has 0 spiro atoms. The number of aliphatic carboxylic acids is 2. The number of carboxylic acids is 2. The van der Waals surface area contributed by atoms with Crippen molar-refractivity contribution in [3.63, 3.8) is 0 Å². The minimum absolute atomic E-state index is 0. The van der Waals surface area contributed by atoms with Crippen molar-refractivity contribution in [2.75, 3.05) is 0 Å². The fourth-order valence-corrected chi connectivity index (χ4v) is 0.143. The van der Waals surface area contributed by atoms with E-state index in [1.807, 2.05) is 0 Å². The maximum atomic E-state index is 9.55. The molecule has 0 aliphatic carbocycles. The van der Waals surface area contributed by atoms with Gasteiger partial charge in [-0.2, -0.15) is 0 Å². The summed E-state index contributed by atoms with van der Waals surface area (Å²) in [6.07, 6.45) is 1.12. The normalized spacial score (nSPS) is 7.60. The van der Waals surface area contributed by atoms with Crippen LogP contribution in [0.15, 0.2) is 12.2 Å².